The highest BCUT2D eigenvalue weighted by molar-refractivity contribution is 6.00. The Bertz CT molecular complexity index is 775. The summed E-state index contributed by atoms with van der Waals surface area (Å²) in [5.41, 5.74) is 6.37. The van der Waals surface area contributed by atoms with E-state index >= 15 is 0 Å². The van der Waals surface area contributed by atoms with Crippen LogP contribution < -0.4 is 10.2 Å². The van der Waals surface area contributed by atoms with Gasteiger partial charge < -0.3 is 4.74 Å². The molecule has 1 aliphatic rings. The number of rotatable bonds is 5. The largest absolute Gasteiger partial charge is 0.497 e. The Labute approximate surface area is 155 Å². The third kappa shape index (κ3) is 4.51. The zero-order valence-corrected chi connectivity index (χ0v) is 15.5. The molecular weight excluding hydrogens is 324 g/mol. The van der Waals surface area contributed by atoms with E-state index in [1.807, 2.05) is 6.92 Å². The highest BCUT2D eigenvalue weighted by Crippen LogP contribution is 2.32. The van der Waals surface area contributed by atoms with Gasteiger partial charge in [-0.15, -0.1) is 0 Å². The van der Waals surface area contributed by atoms with E-state index in [2.05, 4.69) is 34.8 Å². The van der Waals surface area contributed by atoms with E-state index in [0.29, 0.717) is 17.2 Å². The fourth-order valence-electron chi connectivity index (χ4n) is 3.46. The van der Waals surface area contributed by atoms with E-state index in [0.717, 1.165) is 11.3 Å². The summed E-state index contributed by atoms with van der Waals surface area (Å²) >= 11 is 0. The summed E-state index contributed by atoms with van der Waals surface area (Å²) in [5.74, 6) is 1.10. The summed E-state index contributed by atoms with van der Waals surface area (Å²) in [4.78, 5) is 12.2. The Kier molecular flexibility index (Phi) is 6.05. The van der Waals surface area contributed by atoms with Crippen LogP contribution in [0.3, 0.4) is 0 Å². The van der Waals surface area contributed by atoms with Crippen molar-refractivity contribution in [3.63, 3.8) is 0 Å². The van der Waals surface area contributed by atoms with E-state index in [1.165, 1.54) is 37.7 Å². The highest BCUT2D eigenvalue weighted by atomic mass is 16.5. The van der Waals surface area contributed by atoms with Crippen LogP contribution in [0.5, 0.6) is 5.75 Å². The van der Waals surface area contributed by atoms with E-state index in [-0.39, 0.29) is 5.91 Å². The SMILES string of the molecule is COc1cccc(C(=O)NN=C(C)c2ccc(C3CCCCC3)cc2)c1. The van der Waals surface area contributed by atoms with Gasteiger partial charge in [0.05, 0.1) is 12.8 Å². The quantitative estimate of drug-likeness (QED) is 0.616. The van der Waals surface area contributed by atoms with Gasteiger partial charge in [0.1, 0.15) is 5.75 Å². The molecule has 26 heavy (non-hydrogen) atoms. The number of nitrogens with one attached hydrogen (secondary N) is 1. The van der Waals surface area contributed by atoms with Crippen molar-refractivity contribution >= 4 is 11.6 Å². The number of methoxy groups -OCH3 is 1. The van der Waals surface area contributed by atoms with Crippen LogP contribution in [0.4, 0.5) is 0 Å². The van der Waals surface area contributed by atoms with Crippen LogP contribution >= 0.6 is 0 Å². The van der Waals surface area contributed by atoms with Gasteiger partial charge in [0.25, 0.3) is 5.91 Å². The van der Waals surface area contributed by atoms with Crippen molar-refractivity contribution in [2.75, 3.05) is 7.11 Å². The molecule has 3 rings (SSSR count). The van der Waals surface area contributed by atoms with Gasteiger partial charge >= 0.3 is 0 Å². The minimum atomic E-state index is -0.248. The van der Waals surface area contributed by atoms with Gasteiger partial charge in [-0.25, -0.2) is 5.43 Å². The third-order valence-corrected chi connectivity index (χ3v) is 5.06. The highest BCUT2D eigenvalue weighted by Gasteiger charge is 2.15. The molecular formula is C22H26N2O2. The number of nitrogens with zero attached hydrogens (tertiary/aromatic N) is 1. The molecule has 1 saturated carbocycles. The second-order valence-electron chi connectivity index (χ2n) is 6.83. The van der Waals surface area contributed by atoms with Crippen molar-refractivity contribution in [3.8, 4) is 5.75 Å². The zero-order chi connectivity index (χ0) is 18.4. The Hall–Kier alpha value is -2.62. The van der Waals surface area contributed by atoms with Gasteiger partial charge in [0.15, 0.2) is 0 Å². The number of carbonyl (C=O) groups excluding carboxylic acids is 1. The molecule has 136 valence electrons. The Morgan fingerprint density at radius 3 is 2.46 bits per heavy atom. The molecule has 0 aliphatic heterocycles. The van der Waals surface area contributed by atoms with Crippen LogP contribution in [0, 0.1) is 0 Å². The molecule has 1 amide bonds. The Morgan fingerprint density at radius 1 is 1.04 bits per heavy atom. The summed E-state index contributed by atoms with van der Waals surface area (Å²) < 4.78 is 5.15. The molecule has 1 fully saturated rings. The number of hydrogen-bond acceptors (Lipinski definition) is 3. The van der Waals surface area contributed by atoms with Crippen LogP contribution in [0.2, 0.25) is 0 Å². The Morgan fingerprint density at radius 2 is 1.77 bits per heavy atom. The Balaban J connectivity index is 1.64. The van der Waals surface area contributed by atoms with Gasteiger partial charge in [-0.2, -0.15) is 5.10 Å². The van der Waals surface area contributed by atoms with Crippen molar-refractivity contribution < 1.29 is 9.53 Å². The summed E-state index contributed by atoms with van der Waals surface area (Å²) in [5, 5.41) is 4.24. The average molecular weight is 350 g/mol. The lowest BCUT2D eigenvalue weighted by molar-refractivity contribution is 0.0954. The minimum absolute atomic E-state index is 0.248. The molecule has 2 aromatic carbocycles. The van der Waals surface area contributed by atoms with Gasteiger partial charge in [-0.3, -0.25) is 4.79 Å². The molecule has 4 heteroatoms. The number of hydrogen-bond donors (Lipinski definition) is 1. The summed E-state index contributed by atoms with van der Waals surface area (Å²) in [6.07, 6.45) is 6.63. The van der Waals surface area contributed by atoms with Crippen molar-refractivity contribution in [1.82, 2.24) is 5.43 Å². The topological polar surface area (TPSA) is 50.7 Å². The number of hydrazone groups is 1. The smallest absolute Gasteiger partial charge is 0.271 e. The standard InChI is InChI=1S/C22H26N2O2/c1-16(23-24-22(25)20-9-6-10-21(15-20)26-2)17-11-13-19(14-12-17)18-7-4-3-5-8-18/h6,9-15,18H,3-5,7-8H2,1-2H3,(H,24,25). The molecule has 0 aromatic heterocycles. The summed E-state index contributed by atoms with van der Waals surface area (Å²) in [7, 11) is 1.58. The molecule has 4 nitrogen and oxygen atoms in total. The summed E-state index contributed by atoms with van der Waals surface area (Å²) in [6.45, 7) is 1.90. The van der Waals surface area contributed by atoms with Crippen molar-refractivity contribution in [2.24, 2.45) is 5.10 Å². The van der Waals surface area contributed by atoms with Crippen molar-refractivity contribution in [1.29, 1.82) is 0 Å². The van der Waals surface area contributed by atoms with Crippen LogP contribution in [-0.4, -0.2) is 18.7 Å². The number of ether oxygens (including phenoxy) is 1. The van der Waals surface area contributed by atoms with Gasteiger partial charge in [0, 0.05) is 5.56 Å². The average Bonchev–Trinajstić information content (AvgIpc) is 2.72. The molecule has 0 heterocycles. The van der Waals surface area contributed by atoms with E-state index in [1.54, 1.807) is 31.4 Å². The first-order valence-electron chi connectivity index (χ1n) is 9.26. The second kappa shape index (κ2) is 8.65. The second-order valence-corrected chi connectivity index (χ2v) is 6.83. The molecule has 0 spiro atoms. The van der Waals surface area contributed by atoms with E-state index in [4.69, 9.17) is 4.74 Å². The first-order chi connectivity index (χ1) is 12.7. The van der Waals surface area contributed by atoms with E-state index in [9.17, 15) is 4.79 Å². The fourth-order valence-corrected chi connectivity index (χ4v) is 3.46. The number of benzene rings is 2. The number of carbonyl (C=O) groups is 1. The van der Waals surface area contributed by atoms with Gasteiger partial charge in [0.2, 0.25) is 0 Å². The molecule has 1 N–H and O–H groups in total. The molecule has 1 aliphatic carbocycles. The van der Waals surface area contributed by atoms with Crippen molar-refractivity contribution in [3.05, 3.63) is 65.2 Å². The first kappa shape index (κ1) is 18.2. The van der Waals surface area contributed by atoms with E-state index < -0.39 is 0 Å². The van der Waals surface area contributed by atoms with Gasteiger partial charge in [-0.05, 0) is 55.0 Å². The van der Waals surface area contributed by atoms with Crippen LogP contribution in [0.25, 0.3) is 0 Å². The lowest BCUT2D eigenvalue weighted by Gasteiger charge is -2.22. The zero-order valence-electron chi connectivity index (χ0n) is 15.5. The third-order valence-electron chi connectivity index (χ3n) is 5.06. The normalized spacial score (nSPS) is 15.5. The summed E-state index contributed by atoms with van der Waals surface area (Å²) in [6, 6.07) is 15.6. The molecule has 0 radical (unpaired) electrons. The molecule has 0 bridgehead atoms. The minimum Gasteiger partial charge on any atom is -0.497 e. The predicted molar refractivity (Wildman–Crippen MR) is 105 cm³/mol. The molecule has 2 aromatic rings. The lowest BCUT2D eigenvalue weighted by Crippen LogP contribution is -2.19. The number of amides is 1. The monoisotopic (exact) mass is 350 g/mol. The molecule has 0 atom stereocenters. The molecule has 0 saturated heterocycles. The maximum Gasteiger partial charge on any atom is 0.271 e. The lowest BCUT2D eigenvalue weighted by atomic mass is 9.84. The first-order valence-corrected chi connectivity index (χ1v) is 9.26. The maximum atomic E-state index is 12.2. The maximum absolute atomic E-state index is 12.2. The van der Waals surface area contributed by atoms with Crippen LogP contribution in [0.1, 0.15) is 66.4 Å². The van der Waals surface area contributed by atoms with Crippen LogP contribution in [0.15, 0.2) is 53.6 Å². The molecule has 0 unspecified atom stereocenters. The predicted octanol–water partition coefficient (Wildman–Crippen LogP) is 4.90. The van der Waals surface area contributed by atoms with Crippen LogP contribution in [-0.2, 0) is 0 Å². The fraction of sp³-hybridized carbons (Fsp3) is 0.364. The van der Waals surface area contributed by atoms with Crippen molar-refractivity contribution in [2.45, 2.75) is 44.9 Å². The van der Waals surface area contributed by atoms with Gasteiger partial charge in [-0.1, -0.05) is 49.6 Å².